The Morgan fingerprint density at radius 3 is 2.75 bits per heavy atom. The van der Waals surface area contributed by atoms with Gasteiger partial charge in [0.25, 0.3) is 0 Å². The molecule has 1 aromatic heterocycles. The predicted molar refractivity (Wildman–Crippen MR) is 64.0 cm³/mol. The first-order valence-corrected chi connectivity index (χ1v) is 5.58. The van der Waals surface area contributed by atoms with Crippen LogP contribution in [0.25, 0.3) is 0 Å². The number of nitrogens with zero attached hydrogens (tertiary/aromatic N) is 1. The quantitative estimate of drug-likeness (QED) is 0.711. The predicted octanol–water partition coefficient (Wildman–Crippen LogP) is 1.26. The number of carbonyl (C=O) groups excluding carboxylic acids is 1. The molecule has 0 fully saturated rings. The lowest BCUT2D eigenvalue weighted by Gasteiger charge is -2.13. The van der Waals surface area contributed by atoms with Gasteiger partial charge in [-0.3, -0.25) is 9.78 Å². The van der Waals surface area contributed by atoms with Gasteiger partial charge in [0.15, 0.2) is 0 Å². The van der Waals surface area contributed by atoms with Crippen LogP contribution in [-0.2, 0) is 4.79 Å². The second-order valence-electron chi connectivity index (χ2n) is 3.78. The topological polar surface area (TPSA) is 54.0 Å². The van der Waals surface area contributed by atoms with Gasteiger partial charge in [-0.05, 0) is 44.6 Å². The van der Waals surface area contributed by atoms with Crippen molar-refractivity contribution in [2.24, 2.45) is 0 Å². The van der Waals surface area contributed by atoms with Crippen LogP contribution in [0, 0.1) is 0 Å². The van der Waals surface area contributed by atoms with Crippen molar-refractivity contribution < 1.29 is 4.79 Å². The molecular formula is C12H19N3O. The molecule has 0 aromatic carbocycles. The molecule has 0 aliphatic heterocycles. The first-order chi connectivity index (χ1) is 7.74. The molecule has 1 aromatic rings. The molecule has 4 heteroatoms. The van der Waals surface area contributed by atoms with E-state index in [-0.39, 0.29) is 11.9 Å². The van der Waals surface area contributed by atoms with Crippen LogP contribution < -0.4 is 10.6 Å². The van der Waals surface area contributed by atoms with Crippen LogP contribution in [0.4, 0.5) is 0 Å². The van der Waals surface area contributed by atoms with E-state index in [4.69, 9.17) is 0 Å². The van der Waals surface area contributed by atoms with Crippen LogP contribution in [0.2, 0.25) is 0 Å². The van der Waals surface area contributed by atoms with Gasteiger partial charge in [0.1, 0.15) is 0 Å². The van der Waals surface area contributed by atoms with E-state index in [1.807, 2.05) is 26.1 Å². The van der Waals surface area contributed by atoms with Gasteiger partial charge in [0.2, 0.25) is 5.91 Å². The second kappa shape index (κ2) is 6.95. The molecule has 1 rings (SSSR count). The maximum Gasteiger partial charge on any atom is 0.220 e. The van der Waals surface area contributed by atoms with E-state index >= 15 is 0 Å². The van der Waals surface area contributed by atoms with Crippen molar-refractivity contribution in [3.05, 3.63) is 30.1 Å². The van der Waals surface area contributed by atoms with Crippen LogP contribution in [0.1, 0.15) is 31.4 Å². The van der Waals surface area contributed by atoms with Gasteiger partial charge in [0.05, 0.1) is 6.04 Å². The summed E-state index contributed by atoms with van der Waals surface area (Å²) in [7, 11) is 1.89. The van der Waals surface area contributed by atoms with E-state index in [1.54, 1.807) is 12.4 Å². The molecule has 0 unspecified atom stereocenters. The van der Waals surface area contributed by atoms with Gasteiger partial charge >= 0.3 is 0 Å². The lowest BCUT2D eigenvalue weighted by atomic mass is 10.1. The Hall–Kier alpha value is -1.42. The first kappa shape index (κ1) is 12.6. The van der Waals surface area contributed by atoms with Crippen molar-refractivity contribution in [2.45, 2.75) is 25.8 Å². The fraction of sp³-hybridized carbons (Fsp3) is 0.500. The number of nitrogens with one attached hydrogen (secondary N) is 2. The van der Waals surface area contributed by atoms with Crippen molar-refractivity contribution in [1.82, 2.24) is 15.6 Å². The van der Waals surface area contributed by atoms with Gasteiger partial charge in [0, 0.05) is 18.8 Å². The summed E-state index contributed by atoms with van der Waals surface area (Å²) in [6, 6.07) is 3.88. The zero-order valence-electron chi connectivity index (χ0n) is 9.86. The van der Waals surface area contributed by atoms with Crippen LogP contribution in [-0.4, -0.2) is 24.5 Å². The van der Waals surface area contributed by atoms with Crippen molar-refractivity contribution in [3.63, 3.8) is 0 Å². The third-order valence-corrected chi connectivity index (χ3v) is 2.41. The minimum atomic E-state index is 0.0464. The molecule has 0 aliphatic rings. The van der Waals surface area contributed by atoms with E-state index in [0.29, 0.717) is 6.42 Å². The first-order valence-electron chi connectivity index (χ1n) is 5.58. The summed E-state index contributed by atoms with van der Waals surface area (Å²) in [6.45, 7) is 2.85. The Labute approximate surface area is 96.5 Å². The van der Waals surface area contributed by atoms with E-state index < -0.39 is 0 Å². The summed E-state index contributed by atoms with van der Waals surface area (Å²) in [5, 5.41) is 5.98. The average Bonchev–Trinajstić information content (AvgIpc) is 2.30. The molecule has 2 N–H and O–H groups in total. The summed E-state index contributed by atoms with van der Waals surface area (Å²) in [5.74, 6) is 0.0968. The highest BCUT2D eigenvalue weighted by molar-refractivity contribution is 5.76. The molecule has 1 atom stereocenters. The number of pyridine rings is 1. The van der Waals surface area contributed by atoms with Crippen LogP contribution in [0.5, 0.6) is 0 Å². The van der Waals surface area contributed by atoms with Gasteiger partial charge in [-0.2, -0.15) is 0 Å². The third kappa shape index (κ3) is 4.40. The number of carbonyl (C=O) groups is 1. The lowest BCUT2D eigenvalue weighted by molar-refractivity contribution is -0.121. The SMILES string of the molecule is CNCCCC(=O)N[C@H](C)c1ccncc1. The maximum absolute atomic E-state index is 11.5. The molecule has 1 heterocycles. The normalized spacial score (nSPS) is 12.1. The van der Waals surface area contributed by atoms with Gasteiger partial charge in [-0.1, -0.05) is 0 Å². The molecule has 16 heavy (non-hydrogen) atoms. The number of aromatic nitrogens is 1. The van der Waals surface area contributed by atoms with E-state index in [9.17, 15) is 4.79 Å². The van der Waals surface area contributed by atoms with Gasteiger partial charge in [-0.25, -0.2) is 0 Å². The fourth-order valence-electron chi connectivity index (χ4n) is 1.47. The molecule has 0 bridgehead atoms. The van der Waals surface area contributed by atoms with Crippen LogP contribution >= 0.6 is 0 Å². The Bertz CT molecular complexity index is 313. The highest BCUT2D eigenvalue weighted by atomic mass is 16.1. The van der Waals surface area contributed by atoms with Crippen molar-refractivity contribution in [3.8, 4) is 0 Å². The number of rotatable bonds is 6. The molecular weight excluding hydrogens is 202 g/mol. The zero-order valence-corrected chi connectivity index (χ0v) is 9.86. The molecule has 0 saturated heterocycles. The monoisotopic (exact) mass is 221 g/mol. The molecule has 0 aliphatic carbocycles. The summed E-state index contributed by atoms with van der Waals surface area (Å²) in [4.78, 5) is 15.5. The Morgan fingerprint density at radius 1 is 1.44 bits per heavy atom. The highest BCUT2D eigenvalue weighted by Gasteiger charge is 2.08. The Kier molecular flexibility index (Phi) is 5.50. The molecule has 88 valence electrons. The summed E-state index contributed by atoms with van der Waals surface area (Å²) in [5.41, 5.74) is 1.08. The fourth-order valence-corrected chi connectivity index (χ4v) is 1.47. The second-order valence-corrected chi connectivity index (χ2v) is 3.78. The molecule has 1 amide bonds. The Balaban J connectivity index is 2.34. The van der Waals surface area contributed by atoms with Crippen LogP contribution in [0.15, 0.2) is 24.5 Å². The van der Waals surface area contributed by atoms with Crippen molar-refractivity contribution in [2.75, 3.05) is 13.6 Å². The van der Waals surface area contributed by atoms with Crippen molar-refractivity contribution >= 4 is 5.91 Å². The summed E-state index contributed by atoms with van der Waals surface area (Å²) >= 11 is 0. The Morgan fingerprint density at radius 2 is 2.12 bits per heavy atom. The summed E-state index contributed by atoms with van der Waals surface area (Å²) in [6.07, 6.45) is 4.90. The van der Waals surface area contributed by atoms with Gasteiger partial charge < -0.3 is 10.6 Å². The largest absolute Gasteiger partial charge is 0.350 e. The zero-order chi connectivity index (χ0) is 11.8. The molecule has 4 nitrogen and oxygen atoms in total. The minimum Gasteiger partial charge on any atom is -0.350 e. The number of amides is 1. The average molecular weight is 221 g/mol. The third-order valence-electron chi connectivity index (χ3n) is 2.41. The molecule has 0 radical (unpaired) electrons. The minimum absolute atomic E-state index is 0.0464. The van der Waals surface area contributed by atoms with Gasteiger partial charge in [-0.15, -0.1) is 0 Å². The smallest absolute Gasteiger partial charge is 0.220 e. The van der Waals surface area contributed by atoms with E-state index in [1.165, 1.54) is 0 Å². The summed E-state index contributed by atoms with van der Waals surface area (Å²) < 4.78 is 0. The maximum atomic E-state index is 11.5. The highest BCUT2D eigenvalue weighted by Crippen LogP contribution is 2.10. The number of hydrogen-bond acceptors (Lipinski definition) is 3. The van der Waals surface area contributed by atoms with Crippen LogP contribution in [0.3, 0.4) is 0 Å². The van der Waals surface area contributed by atoms with E-state index in [2.05, 4.69) is 15.6 Å². The molecule has 0 spiro atoms. The standard InChI is InChI=1S/C12H19N3O/c1-10(11-5-8-14-9-6-11)15-12(16)4-3-7-13-2/h5-6,8-10,13H,3-4,7H2,1-2H3,(H,15,16)/t10-/m1/s1. The van der Waals surface area contributed by atoms with E-state index in [0.717, 1.165) is 18.5 Å². The van der Waals surface area contributed by atoms with Crippen molar-refractivity contribution in [1.29, 1.82) is 0 Å². The lowest BCUT2D eigenvalue weighted by Crippen LogP contribution is -2.27. The number of hydrogen-bond donors (Lipinski definition) is 2. The molecule has 0 saturated carbocycles.